The minimum Gasteiger partial charge on any atom is -0.317 e. The number of hydrogen-bond acceptors (Lipinski definition) is 1. The van der Waals surface area contributed by atoms with Gasteiger partial charge < -0.3 is 5.32 Å². The zero-order chi connectivity index (χ0) is 8.99. The molecule has 2 heteroatoms. The topological polar surface area (TPSA) is 26.1 Å². The Morgan fingerprint density at radius 2 is 1.69 bits per heavy atom. The molecule has 2 rings (SSSR count). The second-order valence-corrected chi connectivity index (χ2v) is 4.63. The van der Waals surface area contributed by atoms with Gasteiger partial charge in [-0.05, 0) is 50.6 Å². The van der Waals surface area contributed by atoms with Gasteiger partial charge in [-0.25, -0.2) is 5.32 Å². The van der Waals surface area contributed by atoms with E-state index in [0.717, 1.165) is 13.1 Å². The van der Waals surface area contributed by atoms with Gasteiger partial charge in [0.25, 0.3) is 0 Å². The van der Waals surface area contributed by atoms with Gasteiger partial charge in [-0.3, -0.25) is 0 Å². The van der Waals surface area contributed by atoms with E-state index in [1.165, 1.54) is 51.6 Å². The molecule has 1 N–H and O–H groups in total. The lowest BCUT2D eigenvalue weighted by atomic mass is 9.72. The van der Waals surface area contributed by atoms with Crippen molar-refractivity contribution >= 4 is 0 Å². The Morgan fingerprint density at radius 3 is 2.54 bits per heavy atom. The van der Waals surface area contributed by atoms with E-state index < -0.39 is 0 Å². The monoisotopic (exact) mass is 181 g/mol. The van der Waals surface area contributed by atoms with Gasteiger partial charge in [-0.15, -0.1) is 0 Å². The summed E-state index contributed by atoms with van der Waals surface area (Å²) in [6, 6.07) is 0. The molecular weight excluding hydrogens is 160 g/mol. The predicted molar refractivity (Wildman–Crippen MR) is 54.9 cm³/mol. The molecule has 2 nitrogen and oxygen atoms in total. The van der Waals surface area contributed by atoms with E-state index in [1.807, 2.05) is 0 Å². The SMILES string of the molecule is C1CCC2(CC[N]CC2)CCNC1. The minimum atomic E-state index is 0.676. The highest BCUT2D eigenvalue weighted by Gasteiger charge is 2.31. The fourth-order valence-corrected chi connectivity index (χ4v) is 2.72. The molecule has 0 aromatic rings. The number of nitrogens with zero attached hydrogens (tertiary/aromatic N) is 1. The van der Waals surface area contributed by atoms with Crippen molar-refractivity contribution in [1.29, 1.82) is 0 Å². The molecule has 0 saturated carbocycles. The predicted octanol–water partition coefficient (Wildman–Crippen LogP) is 1.53. The van der Waals surface area contributed by atoms with Gasteiger partial charge in [0.05, 0.1) is 0 Å². The summed E-state index contributed by atoms with van der Waals surface area (Å²) >= 11 is 0. The molecule has 1 radical (unpaired) electrons. The fraction of sp³-hybridized carbons (Fsp3) is 1.00. The first kappa shape index (κ1) is 9.47. The lowest BCUT2D eigenvalue weighted by Crippen LogP contribution is -2.37. The van der Waals surface area contributed by atoms with Crippen LogP contribution in [0.15, 0.2) is 0 Å². The molecule has 0 aliphatic carbocycles. The Bertz CT molecular complexity index is 140. The minimum absolute atomic E-state index is 0.676. The molecule has 75 valence electrons. The van der Waals surface area contributed by atoms with E-state index in [-0.39, 0.29) is 0 Å². The third-order valence-corrected chi connectivity index (χ3v) is 3.74. The van der Waals surface area contributed by atoms with Crippen LogP contribution < -0.4 is 10.6 Å². The third kappa shape index (κ3) is 2.44. The van der Waals surface area contributed by atoms with Crippen molar-refractivity contribution in [2.75, 3.05) is 26.2 Å². The van der Waals surface area contributed by atoms with E-state index >= 15 is 0 Å². The van der Waals surface area contributed by atoms with Crippen molar-refractivity contribution in [2.45, 2.75) is 38.5 Å². The van der Waals surface area contributed by atoms with E-state index in [1.54, 1.807) is 0 Å². The molecule has 13 heavy (non-hydrogen) atoms. The maximum absolute atomic E-state index is 4.46. The Kier molecular flexibility index (Phi) is 3.23. The third-order valence-electron chi connectivity index (χ3n) is 3.74. The van der Waals surface area contributed by atoms with E-state index in [0.29, 0.717) is 5.41 Å². The highest BCUT2D eigenvalue weighted by Crippen LogP contribution is 2.38. The first-order valence-corrected chi connectivity index (χ1v) is 5.75. The Labute approximate surface area is 81.5 Å². The van der Waals surface area contributed by atoms with Gasteiger partial charge in [0.15, 0.2) is 0 Å². The maximum atomic E-state index is 4.46. The van der Waals surface area contributed by atoms with Crippen LogP contribution in [0.3, 0.4) is 0 Å². The largest absolute Gasteiger partial charge is 0.317 e. The zero-order valence-electron chi connectivity index (χ0n) is 8.52. The van der Waals surface area contributed by atoms with Gasteiger partial charge in [0.2, 0.25) is 0 Å². The van der Waals surface area contributed by atoms with Crippen molar-refractivity contribution < 1.29 is 0 Å². The van der Waals surface area contributed by atoms with Crippen molar-refractivity contribution in [3.8, 4) is 0 Å². The van der Waals surface area contributed by atoms with E-state index in [9.17, 15) is 0 Å². The van der Waals surface area contributed by atoms with Crippen molar-refractivity contribution in [2.24, 2.45) is 5.41 Å². The van der Waals surface area contributed by atoms with Crippen LogP contribution in [0.2, 0.25) is 0 Å². The number of rotatable bonds is 0. The summed E-state index contributed by atoms with van der Waals surface area (Å²) in [6.07, 6.45) is 8.36. The lowest BCUT2D eigenvalue weighted by Gasteiger charge is -2.38. The van der Waals surface area contributed by atoms with Crippen LogP contribution in [0.25, 0.3) is 0 Å². The molecule has 0 amide bonds. The summed E-state index contributed by atoms with van der Waals surface area (Å²) < 4.78 is 0. The molecule has 2 heterocycles. The molecule has 2 aliphatic heterocycles. The second kappa shape index (κ2) is 4.43. The Balaban J connectivity index is 1.91. The van der Waals surface area contributed by atoms with Gasteiger partial charge in [-0.2, -0.15) is 0 Å². The van der Waals surface area contributed by atoms with Crippen molar-refractivity contribution in [3.05, 3.63) is 0 Å². The van der Waals surface area contributed by atoms with E-state index in [4.69, 9.17) is 0 Å². The Hall–Kier alpha value is -0.0800. The van der Waals surface area contributed by atoms with Gasteiger partial charge in [0.1, 0.15) is 0 Å². The lowest BCUT2D eigenvalue weighted by molar-refractivity contribution is 0.153. The number of nitrogens with one attached hydrogen (secondary N) is 1. The molecule has 0 aromatic heterocycles. The fourth-order valence-electron chi connectivity index (χ4n) is 2.72. The standard InChI is InChI=1S/C11H21N2/c1-2-7-12-8-4-11(3-1)5-9-13-10-6-11/h12H,1-10H2. The summed E-state index contributed by atoms with van der Waals surface area (Å²) in [4.78, 5) is 0. The number of piperidine rings is 1. The first-order valence-electron chi connectivity index (χ1n) is 5.75. The molecule has 1 spiro atoms. The van der Waals surface area contributed by atoms with Crippen LogP contribution in [0, 0.1) is 5.41 Å². The molecular formula is C11H21N2. The van der Waals surface area contributed by atoms with Crippen LogP contribution in [0.1, 0.15) is 38.5 Å². The maximum Gasteiger partial charge on any atom is 0.0138 e. The normalized spacial score (nSPS) is 29.5. The number of hydrogen-bond donors (Lipinski definition) is 1. The second-order valence-electron chi connectivity index (χ2n) is 4.63. The van der Waals surface area contributed by atoms with Crippen molar-refractivity contribution in [3.63, 3.8) is 0 Å². The summed E-state index contributed by atoms with van der Waals surface area (Å²) in [5, 5.41) is 7.99. The first-order chi connectivity index (χ1) is 6.41. The van der Waals surface area contributed by atoms with Crippen molar-refractivity contribution in [1.82, 2.24) is 10.6 Å². The summed E-state index contributed by atoms with van der Waals surface area (Å²) in [5.74, 6) is 0. The quantitative estimate of drug-likeness (QED) is 0.602. The van der Waals surface area contributed by atoms with Gasteiger partial charge >= 0.3 is 0 Å². The summed E-state index contributed by atoms with van der Waals surface area (Å²) in [7, 11) is 0. The zero-order valence-corrected chi connectivity index (χ0v) is 8.52. The summed E-state index contributed by atoms with van der Waals surface area (Å²) in [6.45, 7) is 4.72. The molecule has 0 aromatic carbocycles. The van der Waals surface area contributed by atoms with Gasteiger partial charge in [-0.1, -0.05) is 6.42 Å². The highest BCUT2D eigenvalue weighted by atomic mass is 14.9. The molecule has 0 unspecified atom stereocenters. The molecule has 2 aliphatic rings. The van der Waals surface area contributed by atoms with Crippen LogP contribution in [-0.4, -0.2) is 26.2 Å². The molecule has 0 atom stereocenters. The average molecular weight is 181 g/mol. The van der Waals surface area contributed by atoms with Crippen LogP contribution >= 0.6 is 0 Å². The Morgan fingerprint density at radius 1 is 0.846 bits per heavy atom. The van der Waals surface area contributed by atoms with Crippen LogP contribution in [0.5, 0.6) is 0 Å². The average Bonchev–Trinajstić information content (AvgIpc) is 2.14. The molecule has 2 fully saturated rings. The van der Waals surface area contributed by atoms with Gasteiger partial charge in [0, 0.05) is 13.1 Å². The summed E-state index contributed by atoms with van der Waals surface area (Å²) in [5.41, 5.74) is 0.676. The van der Waals surface area contributed by atoms with Crippen LogP contribution in [0.4, 0.5) is 0 Å². The smallest absolute Gasteiger partial charge is 0.0138 e. The molecule has 2 saturated heterocycles. The highest BCUT2D eigenvalue weighted by molar-refractivity contribution is 4.86. The van der Waals surface area contributed by atoms with Crippen LogP contribution in [-0.2, 0) is 0 Å². The van der Waals surface area contributed by atoms with E-state index in [2.05, 4.69) is 10.6 Å². The molecule has 0 bridgehead atoms.